The van der Waals surface area contributed by atoms with Crippen molar-refractivity contribution >= 4 is 46.5 Å². The van der Waals surface area contributed by atoms with Gasteiger partial charge in [-0.05, 0) is 51.0 Å². The van der Waals surface area contributed by atoms with Gasteiger partial charge in [-0.15, -0.1) is 5.10 Å². The molecule has 1 aliphatic heterocycles. The number of amides is 4. The fourth-order valence-corrected chi connectivity index (χ4v) is 4.68. The number of Topliss-reactive ketones (excluding diaryl/α,β-unsaturated/α-hetero) is 1. The molecule has 0 bridgehead atoms. The van der Waals surface area contributed by atoms with Crippen LogP contribution in [0.2, 0.25) is 0 Å². The highest BCUT2D eigenvalue weighted by Crippen LogP contribution is 2.23. The Morgan fingerprint density at radius 2 is 1.77 bits per heavy atom. The molecule has 0 saturated carbocycles. The Morgan fingerprint density at radius 3 is 2.36 bits per heavy atom. The van der Waals surface area contributed by atoms with Crippen LogP contribution in [0, 0.1) is 0 Å². The minimum atomic E-state index is -0.956. The molecule has 4 amide bonds. The molecule has 2 rings (SSSR count). The van der Waals surface area contributed by atoms with Crippen molar-refractivity contribution in [3.8, 4) is 0 Å². The normalized spacial score (nSPS) is 16.4. The third-order valence-corrected chi connectivity index (χ3v) is 7.07. The van der Waals surface area contributed by atoms with E-state index in [4.69, 9.17) is 0 Å². The van der Waals surface area contributed by atoms with Crippen LogP contribution >= 0.6 is 11.8 Å². The number of hydrogen-bond acceptors (Lipinski definition) is 11. The third kappa shape index (κ3) is 9.01. The number of esters is 1. The highest BCUT2D eigenvalue weighted by Gasteiger charge is 2.38. The monoisotopic (exact) mass is 568 g/mol. The van der Waals surface area contributed by atoms with Gasteiger partial charge in [0.25, 0.3) is 5.24 Å². The number of likely N-dealkylation sites (tertiary alicyclic amines) is 1. The summed E-state index contributed by atoms with van der Waals surface area (Å²) in [5, 5.41) is 15.9. The second kappa shape index (κ2) is 14.6. The first-order valence-corrected chi connectivity index (χ1v) is 13.4. The van der Waals surface area contributed by atoms with Crippen molar-refractivity contribution in [2.75, 3.05) is 20.2 Å². The molecule has 16 heteroatoms. The zero-order valence-corrected chi connectivity index (χ0v) is 23.8. The zero-order chi connectivity index (χ0) is 29.3. The fraction of sp³-hybridized carbons (Fsp3) is 0.696. The van der Waals surface area contributed by atoms with Crippen LogP contribution in [0.3, 0.4) is 0 Å². The molecule has 0 spiro atoms. The quantitative estimate of drug-likeness (QED) is 0.248. The van der Waals surface area contributed by atoms with Crippen LogP contribution in [0.4, 0.5) is 4.79 Å². The predicted molar refractivity (Wildman–Crippen MR) is 138 cm³/mol. The van der Waals surface area contributed by atoms with Crippen molar-refractivity contribution in [1.29, 1.82) is 0 Å². The van der Waals surface area contributed by atoms with Crippen LogP contribution < -0.4 is 10.6 Å². The molecule has 2 N–H and O–H groups in total. The number of aromatic nitrogens is 4. The minimum Gasteiger partial charge on any atom is -0.469 e. The molecule has 1 fully saturated rings. The fourth-order valence-electron chi connectivity index (χ4n) is 3.89. The number of carbonyl (C=O) groups is 6. The number of methoxy groups -OCH3 is 1. The van der Waals surface area contributed by atoms with Gasteiger partial charge in [0.15, 0.2) is 5.78 Å². The number of tetrazole rings is 1. The van der Waals surface area contributed by atoms with Gasteiger partial charge >= 0.3 is 5.97 Å². The largest absolute Gasteiger partial charge is 0.469 e. The van der Waals surface area contributed by atoms with Gasteiger partial charge in [-0.25, -0.2) is 4.68 Å². The van der Waals surface area contributed by atoms with E-state index in [2.05, 4.69) is 30.9 Å². The van der Waals surface area contributed by atoms with Crippen LogP contribution in [0.5, 0.6) is 0 Å². The molecule has 1 aliphatic rings. The van der Waals surface area contributed by atoms with Gasteiger partial charge in [-0.1, -0.05) is 0 Å². The summed E-state index contributed by atoms with van der Waals surface area (Å²) in [5.74, 6) is -2.37. The number of hydrogen-bond donors (Lipinski definition) is 2. The summed E-state index contributed by atoms with van der Waals surface area (Å²) in [7, 11) is 2.81. The van der Waals surface area contributed by atoms with Gasteiger partial charge in [-0.3, -0.25) is 28.8 Å². The molecular weight excluding hydrogens is 532 g/mol. The number of aryl methyl sites for hydroxylation is 1. The Labute approximate surface area is 230 Å². The Kier molecular flexibility index (Phi) is 11.8. The van der Waals surface area contributed by atoms with Crippen molar-refractivity contribution in [2.45, 2.75) is 82.7 Å². The van der Waals surface area contributed by atoms with Crippen molar-refractivity contribution in [1.82, 2.24) is 40.6 Å². The van der Waals surface area contributed by atoms with Crippen LogP contribution in [0.1, 0.15) is 53.4 Å². The lowest BCUT2D eigenvalue weighted by atomic mass is 10.1. The molecule has 0 radical (unpaired) electrons. The molecule has 216 valence electrons. The smallest absolute Gasteiger partial charge is 0.306 e. The summed E-state index contributed by atoms with van der Waals surface area (Å²) < 4.78 is 5.83. The number of ether oxygens (including phenoxy) is 1. The molecule has 15 nitrogen and oxygen atoms in total. The van der Waals surface area contributed by atoms with E-state index in [1.165, 1.54) is 35.4 Å². The lowest BCUT2D eigenvalue weighted by Crippen LogP contribution is -2.55. The summed E-state index contributed by atoms with van der Waals surface area (Å²) in [6.07, 6.45) is 0.787. The van der Waals surface area contributed by atoms with Gasteiger partial charge < -0.3 is 25.2 Å². The highest BCUT2D eigenvalue weighted by atomic mass is 32.2. The number of nitrogens with one attached hydrogen (secondary N) is 2. The molecule has 1 aromatic heterocycles. The highest BCUT2D eigenvalue weighted by molar-refractivity contribution is 8.13. The van der Waals surface area contributed by atoms with E-state index in [0.717, 1.165) is 11.8 Å². The molecule has 0 unspecified atom stereocenters. The van der Waals surface area contributed by atoms with Crippen molar-refractivity contribution in [3.05, 3.63) is 0 Å². The lowest BCUT2D eigenvalue weighted by Gasteiger charge is -2.30. The second-order valence-corrected chi connectivity index (χ2v) is 10.3. The first-order chi connectivity index (χ1) is 18.3. The summed E-state index contributed by atoms with van der Waals surface area (Å²) in [6, 6.07) is -2.93. The summed E-state index contributed by atoms with van der Waals surface area (Å²) >= 11 is 0.810. The number of nitrogens with zero attached hydrogens (tertiary/aromatic N) is 6. The Morgan fingerprint density at radius 1 is 1.08 bits per heavy atom. The molecular formula is C23H36N8O7S. The van der Waals surface area contributed by atoms with E-state index < -0.39 is 47.1 Å². The maximum Gasteiger partial charge on any atom is 0.306 e. The number of carbonyl (C=O) groups excluding carboxylic acids is 6. The van der Waals surface area contributed by atoms with Crippen molar-refractivity contribution in [2.24, 2.45) is 7.05 Å². The van der Waals surface area contributed by atoms with Crippen LogP contribution in [-0.2, 0) is 35.8 Å². The number of ketones is 1. The van der Waals surface area contributed by atoms with Crippen LogP contribution in [0.25, 0.3) is 0 Å². The Bertz CT molecular complexity index is 1080. The zero-order valence-electron chi connectivity index (χ0n) is 23.0. The lowest BCUT2D eigenvalue weighted by molar-refractivity contribution is -0.142. The number of rotatable bonds is 12. The predicted octanol–water partition coefficient (Wildman–Crippen LogP) is -0.345. The molecule has 39 heavy (non-hydrogen) atoms. The van der Waals surface area contributed by atoms with Crippen molar-refractivity contribution in [3.63, 3.8) is 0 Å². The average Bonchev–Trinajstić information content (AvgIpc) is 3.54. The first kappa shape index (κ1) is 31.7. The topological polar surface area (TPSA) is 186 Å². The standard InChI is InChI=1S/C23H36N8O7S/c1-13(2)31(23(37)39-22-26-27-28-29(22)5)12-17(32)16-8-7-11-30(16)21(36)15(4)25-20(35)14(3)24-18(33)9-10-19(34)38-6/h13-16H,7-12H2,1-6H3,(H,24,33)(H,25,35)/t14-,15-,16-/m0/s1. The third-order valence-electron chi connectivity index (χ3n) is 6.14. The van der Waals surface area contributed by atoms with Gasteiger partial charge in [0.1, 0.15) is 12.1 Å². The molecule has 0 aromatic carbocycles. The van der Waals surface area contributed by atoms with E-state index in [1.807, 2.05) is 0 Å². The van der Waals surface area contributed by atoms with E-state index in [-0.39, 0.29) is 36.4 Å². The second-order valence-electron chi connectivity index (χ2n) is 9.43. The maximum absolute atomic E-state index is 13.2. The van der Waals surface area contributed by atoms with Gasteiger partial charge in [0.05, 0.1) is 26.1 Å². The molecule has 2 heterocycles. The van der Waals surface area contributed by atoms with Crippen LogP contribution in [-0.4, -0.2) is 109 Å². The minimum absolute atomic E-state index is 0.119. The average molecular weight is 569 g/mol. The Balaban J connectivity index is 1.95. The van der Waals surface area contributed by atoms with Gasteiger partial charge in [-0.2, -0.15) is 0 Å². The van der Waals surface area contributed by atoms with E-state index >= 15 is 0 Å². The van der Waals surface area contributed by atoms with E-state index in [1.54, 1.807) is 20.9 Å². The van der Waals surface area contributed by atoms with Crippen molar-refractivity contribution < 1.29 is 33.5 Å². The SMILES string of the molecule is COC(=O)CCC(=O)N[C@@H](C)C(=O)N[C@@H](C)C(=O)N1CCC[C@H]1C(=O)CN(C(=O)Sc1nnnn1C)C(C)C. The molecule has 1 aromatic rings. The van der Waals surface area contributed by atoms with E-state index in [9.17, 15) is 28.8 Å². The summed E-state index contributed by atoms with van der Waals surface area (Å²) in [4.78, 5) is 77.8. The maximum atomic E-state index is 13.2. The number of thioether (sulfide) groups is 1. The summed E-state index contributed by atoms with van der Waals surface area (Å²) in [6.45, 7) is 6.66. The van der Waals surface area contributed by atoms with Gasteiger partial charge in [0.2, 0.25) is 22.9 Å². The molecule has 0 aliphatic carbocycles. The first-order valence-electron chi connectivity index (χ1n) is 12.6. The Hall–Kier alpha value is -3.56. The van der Waals surface area contributed by atoms with E-state index in [0.29, 0.717) is 19.4 Å². The van der Waals surface area contributed by atoms with Gasteiger partial charge in [0, 0.05) is 37.8 Å². The summed E-state index contributed by atoms with van der Waals surface area (Å²) in [5.41, 5.74) is 0. The molecule has 3 atom stereocenters. The molecule has 1 saturated heterocycles. The van der Waals surface area contributed by atoms with Crippen LogP contribution in [0.15, 0.2) is 5.16 Å².